The number of hydrogen-bond donors (Lipinski definition) is 0. The molecular weight excluding hydrogens is 244 g/mol. The molecule has 0 saturated carbocycles. The molecular formula is C9H4Cl3NO. The van der Waals surface area contributed by atoms with Crippen molar-refractivity contribution >= 4 is 34.8 Å². The van der Waals surface area contributed by atoms with Gasteiger partial charge < -0.3 is 4.52 Å². The van der Waals surface area contributed by atoms with Crippen molar-refractivity contribution in [2.75, 3.05) is 0 Å². The summed E-state index contributed by atoms with van der Waals surface area (Å²) in [5.74, 6) is 0. The van der Waals surface area contributed by atoms with E-state index in [0.717, 1.165) is 0 Å². The quantitative estimate of drug-likeness (QED) is 0.752. The molecule has 0 bridgehead atoms. The molecule has 5 heteroatoms. The van der Waals surface area contributed by atoms with Crippen LogP contribution in [0.1, 0.15) is 0 Å². The Hall–Kier alpha value is -0.700. The molecule has 2 rings (SSSR count). The van der Waals surface area contributed by atoms with Gasteiger partial charge in [0.1, 0.15) is 5.69 Å². The molecule has 0 atom stereocenters. The average molecular weight is 248 g/mol. The highest BCUT2D eigenvalue weighted by Crippen LogP contribution is 2.33. The van der Waals surface area contributed by atoms with Crippen molar-refractivity contribution < 1.29 is 4.52 Å². The molecule has 0 saturated heterocycles. The van der Waals surface area contributed by atoms with Gasteiger partial charge in [0.05, 0.1) is 10.0 Å². The number of rotatable bonds is 1. The predicted octanol–water partition coefficient (Wildman–Crippen LogP) is 4.30. The highest BCUT2D eigenvalue weighted by atomic mass is 35.5. The van der Waals surface area contributed by atoms with Gasteiger partial charge in [0, 0.05) is 11.6 Å². The zero-order valence-electron chi connectivity index (χ0n) is 6.80. The first-order valence-electron chi connectivity index (χ1n) is 3.75. The molecule has 14 heavy (non-hydrogen) atoms. The Bertz CT molecular complexity index is 467. The summed E-state index contributed by atoms with van der Waals surface area (Å²) in [5.41, 5.74) is 1.28. The van der Waals surface area contributed by atoms with Crippen LogP contribution in [0.4, 0.5) is 0 Å². The number of aromatic nitrogens is 1. The van der Waals surface area contributed by atoms with E-state index in [-0.39, 0.29) is 5.22 Å². The van der Waals surface area contributed by atoms with Crippen LogP contribution in [-0.2, 0) is 0 Å². The molecule has 2 nitrogen and oxygen atoms in total. The fourth-order valence-electron chi connectivity index (χ4n) is 1.08. The van der Waals surface area contributed by atoms with Crippen molar-refractivity contribution in [3.8, 4) is 11.3 Å². The van der Waals surface area contributed by atoms with Crippen LogP contribution in [0.25, 0.3) is 11.3 Å². The summed E-state index contributed by atoms with van der Waals surface area (Å²) >= 11 is 17.4. The molecule has 0 radical (unpaired) electrons. The first-order valence-corrected chi connectivity index (χ1v) is 4.88. The van der Waals surface area contributed by atoms with Gasteiger partial charge in [0.25, 0.3) is 0 Å². The zero-order chi connectivity index (χ0) is 10.1. The summed E-state index contributed by atoms with van der Waals surface area (Å²) in [6, 6.07) is 6.86. The maximum atomic E-state index is 5.98. The van der Waals surface area contributed by atoms with E-state index in [1.807, 2.05) is 0 Å². The van der Waals surface area contributed by atoms with Crippen LogP contribution in [0.3, 0.4) is 0 Å². The number of nitrogens with zero attached hydrogens (tertiary/aromatic N) is 1. The first-order chi connectivity index (χ1) is 6.68. The topological polar surface area (TPSA) is 26.0 Å². The second kappa shape index (κ2) is 3.81. The molecule has 0 aliphatic heterocycles. The van der Waals surface area contributed by atoms with Gasteiger partial charge in [-0.25, -0.2) is 0 Å². The van der Waals surface area contributed by atoms with Crippen LogP contribution < -0.4 is 0 Å². The Morgan fingerprint density at radius 3 is 2.57 bits per heavy atom. The fourth-order valence-corrected chi connectivity index (χ4v) is 1.62. The third kappa shape index (κ3) is 1.73. The van der Waals surface area contributed by atoms with Gasteiger partial charge in [-0.1, -0.05) is 40.5 Å². The Morgan fingerprint density at radius 2 is 1.93 bits per heavy atom. The van der Waals surface area contributed by atoms with E-state index in [0.29, 0.717) is 21.3 Å². The van der Waals surface area contributed by atoms with Gasteiger partial charge in [0.2, 0.25) is 5.22 Å². The number of benzene rings is 1. The number of halogens is 3. The van der Waals surface area contributed by atoms with Gasteiger partial charge in [0.15, 0.2) is 0 Å². The van der Waals surface area contributed by atoms with Crippen molar-refractivity contribution in [2.24, 2.45) is 0 Å². The summed E-state index contributed by atoms with van der Waals surface area (Å²) < 4.78 is 4.73. The molecule has 2 aromatic rings. The van der Waals surface area contributed by atoms with E-state index >= 15 is 0 Å². The fraction of sp³-hybridized carbons (Fsp3) is 0. The van der Waals surface area contributed by atoms with E-state index < -0.39 is 0 Å². The lowest BCUT2D eigenvalue weighted by atomic mass is 10.1. The molecule has 1 aromatic heterocycles. The summed E-state index contributed by atoms with van der Waals surface area (Å²) in [5, 5.41) is 4.88. The third-order valence-corrected chi connectivity index (χ3v) is 2.71. The maximum absolute atomic E-state index is 5.98. The Balaban J connectivity index is 2.57. The summed E-state index contributed by atoms with van der Waals surface area (Å²) in [6.07, 6.45) is 0. The molecule has 1 heterocycles. The lowest BCUT2D eigenvalue weighted by molar-refractivity contribution is 0.424. The number of hydrogen-bond acceptors (Lipinski definition) is 2. The van der Waals surface area contributed by atoms with E-state index in [9.17, 15) is 0 Å². The Kier molecular flexibility index (Phi) is 2.68. The SMILES string of the molecule is Clc1cc(-c2cccc(Cl)c2Cl)no1. The van der Waals surface area contributed by atoms with Crippen molar-refractivity contribution in [1.82, 2.24) is 5.16 Å². The van der Waals surface area contributed by atoms with Crippen molar-refractivity contribution in [1.29, 1.82) is 0 Å². The standard InChI is InChI=1S/C9H4Cl3NO/c10-6-3-1-2-5(9(6)12)7-4-8(11)14-13-7/h1-4H. The zero-order valence-corrected chi connectivity index (χ0v) is 9.07. The second-order valence-corrected chi connectivity index (χ2v) is 3.78. The maximum Gasteiger partial charge on any atom is 0.226 e. The molecule has 0 N–H and O–H groups in total. The molecule has 1 aromatic carbocycles. The van der Waals surface area contributed by atoms with E-state index in [1.54, 1.807) is 24.3 Å². The first kappa shape index (κ1) is 9.84. The van der Waals surface area contributed by atoms with E-state index in [1.165, 1.54) is 0 Å². The lowest BCUT2D eigenvalue weighted by Crippen LogP contribution is -1.79. The Labute approximate surface area is 95.4 Å². The minimum Gasteiger partial charge on any atom is -0.344 e. The molecule has 72 valence electrons. The van der Waals surface area contributed by atoms with Crippen LogP contribution >= 0.6 is 34.8 Å². The smallest absolute Gasteiger partial charge is 0.226 e. The van der Waals surface area contributed by atoms with Gasteiger partial charge in [-0.3, -0.25) is 0 Å². The summed E-state index contributed by atoms with van der Waals surface area (Å²) in [4.78, 5) is 0. The van der Waals surface area contributed by atoms with Gasteiger partial charge in [-0.2, -0.15) is 0 Å². The minimum atomic E-state index is 0.219. The largest absolute Gasteiger partial charge is 0.344 e. The molecule has 0 fully saturated rings. The van der Waals surface area contributed by atoms with E-state index in [4.69, 9.17) is 39.3 Å². The summed E-state index contributed by atoms with van der Waals surface area (Å²) in [6.45, 7) is 0. The molecule has 0 aliphatic carbocycles. The van der Waals surface area contributed by atoms with Gasteiger partial charge in [-0.05, 0) is 17.7 Å². The van der Waals surface area contributed by atoms with Crippen molar-refractivity contribution in [3.63, 3.8) is 0 Å². The minimum absolute atomic E-state index is 0.219. The van der Waals surface area contributed by atoms with Crippen LogP contribution in [0.5, 0.6) is 0 Å². The Morgan fingerprint density at radius 1 is 1.14 bits per heavy atom. The monoisotopic (exact) mass is 247 g/mol. The molecule has 0 aliphatic rings. The van der Waals surface area contributed by atoms with Crippen molar-refractivity contribution in [3.05, 3.63) is 39.5 Å². The highest BCUT2D eigenvalue weighted by Gasteiger charge is 2.10. The van der Waals surface area contributed by atoms with Crippen molar-refractivity contribution in [2.45, 2.75) is 0 Å². The van der Waals surface area contributed by atoms with E-state index in [2.05, 4.69) is 5.16 Å². The molecule has 0 amide bonds. The predicted molar refractivity (Wildman–Crippen MR) is 57.0 cm³/mol. The van der Waals surface area contributed by atoms with Gasteiger partial charge >= 0.3 is 0 Å². The third-order valence-electron chi connectivity index (χ3n) is 1.71. The second-order valence-electron chi connectivity index (χ2n) is 2.62. The van der Waals surface area contributed by atoms with Crippen LogP contribution in [0.2, 0.25) is 15.3 Å². The lowest BCUT2D eigenvalue weighted by Gasteiger charge is -2.00. The van der Waals surface area contributed by atoms with Crippen LogP contribution in [0.15, 0.2) is 28.8 Å². The van der Waals surface area contributed by atoms with Crippen LogP contribution in [-0.4, -0.2) is 5.16 Å². The normalized spacial score (nSPS) is 10.5. The summed E-state index contributed by atoms with van der Waals surface area (Å²) in [7, 11) is 0. The highest BCUT2D eigenvalue weighted by molar-refractivity contribution is 6.43. The van der Waals surface area contributed by atoms with Gasteiger partial charge in [-0.15, -0.1) is 0 Å². The average Bonchev–Trinajstić information content (AvgIpc) is 2.57. The van der Waals surface area contributed by atoms with Crippen LogP contribution in [0, 0.1) is 0 Å². The molecule has 0 spiro atoms. The molecule has 0 unspecified atom stereocenters.